The van der Waals surface area contributed by atoms with Gasteiger partial charge in [-0.3, -0.25) is 9.59 Å². The first kappa shape index (κ1) is 21.3. The number of benzene rings is 3. The van der Waals surface area contributed by atoms with Gasteiger partial charge >= 0.3 is 0 Å². The summed E-state index contributed by atoms with van der Waals surface area (Å²) >= 11 is 1.14. The summed E-state index contributed by atoms with van der Waals surface area (Å²) in [6.07, 6.45) is 0. The van der Waals surface area contributed by atoms with Crippen molar-refractivity contribution >= 4 is 38.9 Å². The van der Waals surface area contributed by atoms with Crippen LogP contribution in [0.25, 0.3) is 10.2 Å². The molecule has 0 atom stereocenters. The van der Waals surface area contributed by atoms with Crippen molar-refractivity contribution in [3.63, 3.8) is 0 Å². The molecule has 0 aliphatic carbocycles. The number of fused-ring (bicyclic) bond motifs is 1. The van der Waals surface area contributed by atoms with Crippen molar-refractivity contribution < 1.29 is 19.1 Å². The molecule has 0 bridgehead atoms. The van der Waals surface area contributed by atoms with Gasteiger partial charge in [0, 0.05) is 12.2 Å². The number of hydrogen-bond donors (Lipinski definition) is 2. The molecule has 0 saturated heterocycles. The first-order valence-corrected chi connectivity index (χ1v) is 10.7. The van der Waals surface area contributed by atoms with Gasteiger partial charge in [0.1, 0.15) is 6.61 Å². The molecule has 32 heavy (non-hydrogen) atoms. The molecule has 0 unspecified atom stereocenters. The minimum absolute atomic E-state index is 0.0972. The van der Waals surface area contributed by atoms with E-state index in [4.69, 9.17) is 15.2 Å². The summed E-state index contributed by atoms with van der Waals surface area (Å²) in [4.78, 5) is 27.1. The minimum atomic E-state index is -1.01. The molecule has 0 saturated carbocycles. The van der Waals surface area contributed by atoms with Crippen LogP contribution in [0.5, 0.6) is 11.5 Å². The summed E-state index contributed by atoms with van der Waals surface area (Å²) in [5.41, 5.74) is 8.66. The minimum Gasteiger partial charge on any atom is -0.493 e. The highest BCUT2D eigenvalue weighted by Gasteiger charge is 2.17. The van der Waals surface area contributed by atoms with Gasteiger partial charge in [0.05, 0.1) is 17.3 Å². The van der Waals surface area contributed by atoms with Crippen LogP contribution < -0.4 is 20.5 Å². The van der Waals surface area contributed by atoms with Crippen LogP contribution in [-0.2, 0) is 17.9 Å². The van der Waals surface area contributed by atoms with Crippen molar-refractivity contribution in [2.45, 2.75) is 13.2 Å². The van der Waals surface area contributed by atoms with E-state index in [1.54, 1.807) is 13.2 Å². The second kappa shape index (κ2) is 9.49. The Kier molecular flexibility index (Phi) is 6.32. The topological polar surface area (TPSA) is 104 Å². The Morgan fingerprint density at radius 1 is 1.00 bits per heavy atom. The zero-order valence-corrected chi connectivity index (χ0v) is 18.1. The number of hydrogen-bond acceptors (Lipinski definition) is 7. The predicted octanol–water partition coefficient (Wildman–Crippen LogP) is 4.16. The number of nitrogens with two attached hydrogens (primary N) is 1. The molecule has 0 aliphatic heterocycles. The van der Waals surface area contributed by atoms with Gasteiger partial charge in [-0.2, -0.15) is 0 Å². The fourth-order valence-electron chi connectivity index (χ4n) is 3.12. The van der Waals surface area contributed by atoms with E-state index >= 15 is 0 Å². The van der Waals surface area contributed by atoms with Crippen molar-refractivity contribution in [1.29, 1.82) is 0 Å². The van der Waals surface area contributed by atoms with E-state index in [0.29, 0.717) is 30.2 Å². The Hall–Kier alpha value is -3.91. The number of thiazole rings is 1. The molecule has 3 aromatic carbocycles. The van der Waals surface area contributed by atoms with E-state index in [1.807, 2.05) is 60.7 Å². The number of carbonyl (C=O) groups is 2. The van der Waals surface area contributed by atoms with E-state index in [-0.39, 0.29) is 5.01 Å². The van der Waals surface area contributed by atoms with Gasteiger partial charge in [-0.05, 0) is 41.5 Å². The second-order valence-electron chi connectivity index (χ2n) is 7.01. The SMILES string of the molecule is COc1ccc(CNc2ccc3nc(C(=O)C(N)=O)sc3c2)cc1OCc1ccccc1. The predicted molar refractivity (Wildman–Crippen MR) is 124 cm³/mol. The van der Waals surface area contributed by atoms with Crippen LogP contribution in [0, 0.1) is 0 Å². The third-order valence-corrected chi connectivity index (χ3v) is 5.79. The molecule has 162 valence electrons. The standard InChI is InChI=1S/C24H21N3O4S/c1-30-19-10-7-16(11-20(19)31-14-15-5-3-2-4-6-15)13-26-17-8-9-18-21(12-17)32-24(27-18)22(28)23(25)29/h2-12,26H,13-14H2,1H3,(H2,25,29). The van der Waals surface area contributed by atoms with Crippen LogP contribution in [0.1, 0.15) is 20.9 Å². The average Bonchev–Trinajstić information content (AvgIpc) is 3.25. The lowest BCUT2D eigenvalue weighted by molar-refractivity contribution is -0.114. The largest absolute Gasteiger partial charge is 0.493 e. The number of primary amides is 1. The number of methoxy groups -OCH3 is 1. The molecule has 0 spiro atoms. The van der Waals surface area contributed by atoms with Crippen LogP contribution in [0.15, 0.2) is 66.7 Å². The maximum atomic E-state index is 11.8. The molecule has 3 N–H and O–H groups in total. The molecule has 4 aromatic rings. The van der Waals surface area contributed by atoms with Gasteiger partial charge in [0.25, 0.3) is 11.7 Å². The molecule has 4 rings (SSSR count). The Bertz CT molecular complexity index is 1270. The Labute approximate surface area is 188 Å². The fourth-order valence-corrected chi connectivity index (χ4v) is 4.07. The van der Waals surface area contributed by atoms with Crippen LogP contribution >= 0.6 is 11.3 Å². The monoisotopic (exact) mass is 447 g/mol. The lowest BCUT2D eigenvalue weighted by Crippen LogP contribution is -2.22. The fraction of sp³-hybridized carbons (Fsp3) is 0.125. The number of anilines is 1. The number of ether oxygens (including phenoxy) is 2. The summed E-state index contributed by atoms with van der Waals surface area (Å²) < 4.78 is 12.2. The Balaban J connectivity index is 1.46. The van der Waals surface area contributed by atoms with Gasteiger partial charge in [0.15, 0.2) is 16.5 Å². The van der Waals surface area contributed by atoms with Gasteiger partial charge in [-0.1, -0.05) is 36.4 Å². The van der Waals surface area contributed by atoms with E-state index in [0.717, 1.165) is 32.9 Å². The summed E-state index contributed by atoms with van der Waals surface area (Å²) in [6, 6.07) is 21.3. The van der Waals surface area contributed by atoms with E-state index in [9.17, 15) is 9.59 Å². The zero-order valence-electron chi connectivity index (χ0n) is 17.3. The summed E-state index contributed by atoms with van der Waals surface area (Å²) in [5.74, 6) is -0.445. The van der Waals surface area contributed by atoms with Crippen molar-refractivity contribution in [2.24, 2.45) is 5.73 Å². The molecule has 0 fully saturated rings. The molecule has 1 amide bonds. The Morgan fingerprint density at radius 3 is 2.56 bits per heavy atom. The number of carbonyl (C=O) groups excluding carboxylic acids is 2. The molecule has 1 heterocycles. The Morgan fingerprint density at radius 2 is 1.81 bits per heavy atom. The van der Waals surface area contributed by atoms with Crippen molar-refractivity contribution in [3.8, 4) is 11.5 Å². The highest BCUT2D eigenvalue weighted by Crippen LogP contribution is 2.30. The van der Waals surface area contributed by atoms with Gasteiger partial charge < -0.3 is 20.5 Å². The number of nitrogens with one attached hydrogen (secondary N) is 1. The van der Waals surface area contributed by atoms with Crippen LogP contribution in [0.4, 0.5) is 5.69 Å². The molecule has 8 heteroatoms. The van der Waals surface area contributed by atoms with Crippen LogP contribution in [0.3, 0.4) is 0 Å². The zero-order chi connectivity index (χ0) is 22.5. The molecule has 0 aliphatic rings. The van der Waals surface area contributed by atoms with Crippen molar-refractivity contribution in [1.82, 2.24) is 4.98 Å². The second-order valence-corrected chi connectivity index (χ2v) is 8.04. The highest BCUT2D eigenvalue weighted by molar-refractivity contribution is 7.21. The first-order valence-electron chi connectivity index (χ1n) is 9.85. The van der Waals surface area contributed by atoms with Crippen LogP contribution in [-0.4, -0.2) is 23.8 Å². The maximum Gasteiger partial charge on any atom is 0.292 e. The average molecular weight is 448 g/mol. The third kappa shape index (κ3) is 4.87. The maximum absolute atomic E-state index is 11.8. The van der Waals surface area contributed by atoms with E-state index in [1.165, 1.54) is 0 Å². The number of rotatable bonds is 9. The van der Waals surface area contributed by atoms with Crippen molar-refractivity contribution in [2.75, 3.05) is 12.4 Å². The molecular weight excluding hydrogens is 426 g/mol. The summed E-state index contributed by atoms with van der Waals surface area (Å²) in [7, 11) is 1.62. The first-order chi connectivity index (χ1) is 15.5. The lowest BCUT2D eigenvalue weighted by Gasteiger charge is -2.13. The summed E-state index contributed by atoms with van der Waals surface area (Å²) in [6.45, 7) is 1.01. The van der Waals surface area contributed by atoms with Gasteiger partial charge in [0.2, 0.25) is 0 Å². The van der Waals surface area contributed by atoms with E-state index in [2.05, 4.69) is 10.3 Å². The normalized spacial score (nSPS) is 10.7. The van der Waals surface area contributed by atoms with Gasteiger partial charge in [-0.25, -0.2) is 4.98 Å². The lowest BCUT2D eigenvalue weighted by atomic mass is 10.2. The third-order valence-electron chi connectivity index (χ3n) is 4.77. The summed E-state index contributed by atoms with van der Waals surface area (Å²) in [5, 5.41) is 3.46. The van der Waals surface area contributed by atoms with Crippen LogP contribution in [0.2, 0.25) is 0 Å². The number of aromatic nitrogens is 1. The van der Waals surface area contributed by atoms with Gasteiger partial charge in [-0.15, -0.1) is 11.3 Å². The quantitative estimate of drug-likeness (QED) is 0.295. The van der Waals surface area contributed by atoms with E-state index < -0.39 is 11.7 Å². The number of amides is 1. The highest BCUT2D eigenvalue weighted by atomic mass is 32.1. The van der Waals surface area contributed by atoms with Crippen molar-refractivity contribution in [3.05, 3.63) is 82.9 Å². The molecule has 7 nitrogen and oxygen atoms in total. The smallest absolute Gasteiger partial charge is 0.292 e. The molecular formula is C24H21N3O4S. The number of Topliss-reactive ketones (excluding diaryl/α,β-unsaturated/α-hetero) is 1. The molecule has 0 radical (unpaired) electrons. The number of nitrogens with zero attached hydrogens (tertiary/aromatic N) is 1. The number of ketones is 1. The molecule has 1 aromatic heterocycles.